The van der Waals surface area contributed by atoms with E-state index < -0.39 is 12.1 Å². The average molecular weight is 418 g/mol. The first-order chi connectivity index (χ1) is 15.2. The first-order valence-electron chi connectivity index (χ1n) is 10.5. The summed E-state index contributed by atoms with van der Waals surface area (Å²) in [5, 5.41) is 7.84. The van der Waals surface area contributed by atoms with E-state index in [1.165, 1.54) is 0 Å². The Morgan fingerprint density at radius 3 is 2.23 bits per heavy atom. The molecule has 0 unspecified atom stereocenters. The number of rotatable bonds is 8. The van der Waals surface area contributed by atoms with Gasteiger partial charge in [-0.15, -0.1) is 0 Å². The Balaban J connectivity index is 1.43. The summed E-state index contributed by atoms with van der Waals surface area (Å²) in [7, 11) is 0. The van der Waals surface area contributed by atoms with E-state index in [0.717, 1.165) is 32.9 Å². The fraction of sp³-hybridized carbons (Fsp3) is 0.250. The molecule has 7 heteroatoms. The summed E-state index contributed by atoms with van der Waals surface area (Å²) in [6.45, 7) is 2.44. The van der Waals surface area contributed by atoms with Crippen LogP contribution in [0.15, 0.2) is 60.9 Å². The highest BCUT2D eigenvalue weighted by atomic mass is 16.5. The molecule has 2 heterocycles. The molecule has 1 atom stereocenters. The van der Waals surface area contributed by atoms with Crippen molar-refractivity contribution in [3.05, 3.63) is 72.1 Å². The van der Waals surface area contributed by atoms with E-state index in [-0.39, 0.29) is 12.5 Å². The van der Waals surface area contributed by atoms with Gasteiger partial charge in [0.05, 0.1) is 6.61 Å². The van der Waals surface area contributed by atoms with Gasteiger partial charge in [-0.3, -0.25) is 4.79 Å². The number of aromatic nitrogens is 2. The van der Waals surface area contributed by atoms with Crippen LogP contribution in [0.2, 0.25) is 0 Å². The van der Waals surface area contributed by atoms with Crippen molar-refractivity contribution in [1.82, 2.24) is 20.6 Å². The van der Waals surface area contributed by atoms with Gasteiger partial charge in [-0.1, -0.05) is 36.4 Å². The Bertz CT molecular complexity index is 1190. The smallest absolute Gasteiger partial charge is 0.407 e. The van der Waals surface area contributed by atoms with E-state index in [1.54, 1.807) is 6.92 Å². The molecule has 31 heavy (non-hydrogen) atoms. The van der Waals surface area contributed by atoms with Crippen molar-refractivity contribution >= 4 is 33.8 Å². The summed E-state index contributed by atoms with van der Waals surface area (Å²) in [4.78, 5) is 31.4. The number of hydrogen-bond acceptors (Lipinski definition) is 3. The number of para-hydroxylation sites is 2. The number of aromatic amines is 2. The van der Waals surface area contributed by atoms with E-state index in [0.29, 0.717) is 19.4 Å². The maximum atomic E-state index is 12.9. The molecule has 4 N–H and O–H groups in total. The van der Waals surface area contributed by atoms with E-state index >= 15 is 0 Å². The SMILES string of the molecule is CCOC(=O)N[C@H](Cc1c[nH]c2ccccc12)C(=O)NCCc1c[nH]c2ccccc12. The minimum Gasteiger partial charge on any atom is -0.450 e. The van der Waals surface area contributed by atoms with Crippen molar-refractivity contribution in [2.24, 2.45) is 0 Å². The van der Waals surface area contributed by atoms with Crippen molar-refractivity contribution in [3.63, 3.8) is 0 Å². The van der Waals surface area contributed by atoms with Gasteiger partial charge in [0, 0.05) is 47.2 Å². The fourth-order valence-corrected chi connectivity index (χ4v) is 3.83. The van der Waals surface area contributed by atoms with Gasteiger partial charge < -0.3 is 25.3 Å². The van der Waals surface area contributed by atoms with E-state index in [2.05, 4.69) is 26.7 Å². The van der Waals surface area contributed by atoms with Crippen LogP contribution in [-0.2, 0) is 22.4 Å². The second-order valence-electron chi connectivity index (χ2n) is 7.38. The highest BCUT2D eigenvalue weighted by molar-refractivity contribution is 5.88. The Labute approximate surface area is 180 Å². The van der Waals surface area contributed by atoms with Gasteiger partial charge in [-0.05, 0) is 36.6 Å². The zero-order valence-electron chi connectivity index (χ0n) is 17.4. The topological polar surface area (TPSA) is 99.0 Å². The second kappa shape index (κ2) is 9.38. The van der Waals surface area contributed by atoms with Crippen molar-refractivity contribution in [2.45, 2.75) is 25.8 Å². The molecule has 160 valence electrons. The predicted molar refractivity (Wildman–Crippen MR) is 121 cm³/mol. The maximum absolute atomic E-state index is 12.9. The zero-order chi connectivity index (χ0) is 21.6. The molecule has 2 amide bonds. The molecule has 0 aliphatic heterocycles. The number of carbonyl (C=O) groups excluding carboxylic acids is 2. The molecule has 0 aliphatic carbocycles. The normalized spacial score (nSPS) is 12.0. The summed E-state index contributed by atoms with van der Waals surface area (Å²) in [5.74, 6) is -0.238. The molecule has 0 saturated carbocycles. The number of nitrogens with one attached hydrogen (secondary N) is 4. The Morgan fingerprint density at radius 2 is 1.55 bits per heavy atom. The molecule has 2 aromatic carbocycles. The second-order valence-corrected chi connectivity index (χ2v) is 7.38. The maximum Gasteiger partial charge on any atom is 0.407 e. The number of benzene rings is 2. The van der Waals surface area contributed by atoms with Crippen LogP contribution >= 0.6 is 0 Å². The molecule has 0 saturated heterocycles. The molecular formula is C24H26N4O3. The van der Waals surface area contributed by atoms with Crippen LogP contribution in [0.5, 0.6) is 0 Å². The Morgan fingerprint density at radius 1 is 0.935 bits per heavy atom. The minimum absolute atomic E-state index is 0.238. The van der Waals surface area contributed by atoms with Gasteiger partial charge in [0.15, 0.2) is 0 Å². The summed E-state index contributed by atoms with van der Waals surface area (Å²) in [6.07, 6.45) is 4.30. The molecule has 0 spiro atoms. The third kappa shape index (κ3) is 4.71. The van der Waals surface area contributed by atoms with Crippen LogP contribution < -0.4 is 10.6 Å². The number of ether oxygens (including phenoxy) is 1. The number of fused-ring (bicyclic) bond motifs is 2. The Hall–Kier alpha value is -3.74. The number of amides is 2. The van der Waals surface area contributed by atoms with Gasteiger partial charge in [-0.25, -0.2) is 4.79 Å². The van der Waals surface area contributed by atoms with E-state index in [1.807, 2.05) is 54.9 Å². The third-order valence-electron chi connectivity index (χ3n) is 5.35. The summed E-state index contributed by atoms with van der Waals surface area (Å²) in [6, 6.07) is 15.2. The minimum atomic E-state index is -0.735. The highest BCUT2D eigenvalue weighted by Gasteiger charge is 2.23. The summed E-state index contributed by atoms with van der Waals surface area (Å²) >= 11 is 0. The Kier molecular flexibility index (Phi) is 6.21. The molecule has 0 radical (unpaired) electrons. The van der Waals surface area contributed by atoms with E-state index in [4.69, 9.17) is 4.74 Å². The van der Waals surface area contributed by atoms with Crippen molar-refractivity contribution < 1.29 is 14.3 Å². The van der Waals surface area contributed by atoms with Crippen LogP contribution in [0.1, 0.15) is 18.1 Å². The van der Waals surface area contributed by atoms with Crippen LogP contribution in [0.25, 0.3) is 21.8 Å². The number of H-pyrrole nitrogens is 2. The number of alkyl carbamates (subject to hydrolysis) is 1. The quantitative estimate of drug-likeness (QED) is 0.351. The van der Waals surface area contributed by atoms with Crippen molar-refractivity contribution in [1.29, 1.82) is 0 Å². The molecule has 4 rings (SSSR count). The van der Waals surface area contributed by atoms with Crippen LogP contribution in [0.4, 0.5) is 4.79 Å². The number of hydrogen-bond donors (Lipinski definition) is 4. The lowest BCUT2D eigenvalue weighted by molar-refractivity contribution is -0.123. The van der Waals surface area contributed by atoms with Crippen LogP contribution in [0.3, 0.4) is 0 Å². The summed E-state index contributed by atoms with van der Waals surface area (Å²) < 4.78 is 5.00. The lowest BCUT2D eigenvalue weighted by atomic mass is 10.0. The van der Waals surface area contributed by atoms with Gasteiger partial charge in [0.2, 0.25) is 5.91 Å². The lowest BCUT2D eigenvalue weighted by Crippen LogP contribution is -2.48. The summed E-state index contributed by atoms with van der Waals surface area (Å²) in [5.41, 5.74) is 4.17. The standard InChI is InChI=1S/C24H26N4O3/c1-2-31-24(30)28-22(13-17-15-27-21-10-6-4-8-19(17)21)23(29)25-12-11-16-14-26-20-9-5-3-7-18(16)20/h3-10,14-15,22,26-27H,2,11-13H2,1H3,(H,25,29)(H,28,30)/t22-/m1/s1. The lowest BCUT2D eigenvalue weighted by Gasteiger charge is -2.18. The van der Waals surface area contributed by atoms with E-state index in [9.17, 15) is 9.59 Å². The fourth-order valence-electron chi connectivity index (χ4n) is 3.83. The molecule has 4 aromatic rings. The first kappa shape index (κ1) is 20.5. The molecular weight excluding hydrogens is 392 g/mol. The highest BCUT2D eigenvalue weighted by Crippen LogP contribution is 2.20. The van der Waals surface area contributed by atoms with Gasteiger partial charge in [-0.2, -0.15) is 0 Å². The van der Waals surface area contributed by atoms with Gasteiger partial charge in [0.25, 0.3) is 0 Å². The third-order valence-corrected chi connectivity index (χ3v) is 5.35. The number of carbonyl (C=O) groups is 2. The molecule has 2 aromatic heterocycles. The van der Waals surface area contributed by atoms with Crippen molar-refractivity contribution in [3.8, 4) is 0 Å². The predicted octanol–water partition coefficient (Wildman–Crippen LogP) is 3.67. The van der Waals surface area contributed by atoms with Gasteiger partial charge >= 0.3 is 6.09 Å². The zero-order valence-corrected chi connectivity index (χ0v) is 17.4. The van der Waals surface area contributed by atoms with Gasteiger partial charge in [0.1, 0.15) is 6.04 Å². The van der Waals surface area contributed by atoms with Crippen molar-refractivity contribution in [2.75, 3.05) is 13.2 Å². The molecule has 7 nitrogen and oxygen atoms in total. The largest absolute Gasteiger partial charge is 0.450 e. The monoisotopic (exact) mass is 418 g/mol. The van der Waals surface area contributed by atoms with Crippen LogP contribution in [0, 0.1) is 0 Å². The van der Waals surface area contributed by atoms with Crippen LogP contribution in [-0.4, -0.2) is 41.2 Å². The molecule has 0 aliphatic rings. The first-order valence-corrected chi connectivity index (χ1v) is 10.5. The average Bonchev–Trinajstić information content (AvgIpc) is 3.38. The molecule has 0 bridgehead atoms. The molecule has 0 fully saturated rings.